The van der Waals surface area contributed by atoms with Crippen molar-refractivity contribution in [3.63, 3.8) is 0 Å². The molecule has 3 nitrogen and oxygen atoms in total. The summed E-state index contributed by atoms with van der Waals surface area (Å²) in [6.45, 7) is 10.5. The third kappa shape index (κ3) is 3.05. The predicted octanol–water partition coefficient (Wildman–Crippen LogP) is 2.80. The van der Waals surface area contributed by atoms with Gasteiger partial charge in [-0.15, -0.1) is 0 Å². The first-order chi connectivity index (χ1) is 9.65. The first-order valence-electron chi connectivity index (χ1n) is 8.80. The Morgan fingerprint density at radius 1 is 1.15 bits per heavy atom. The standard InChI is InChI=1S/C17H32N2O/c1-4-17(5-2)12-19(11-15-9-6-13(3)20-15)16(10-18-17)14-7-8-14/h13-16,18H,4-12H2,1-3H3. The van der Waals surface area contributed by atoms with Crippen LogP contribution in [0.4, 0.5) is 0 Å². The fourth-order valence-electron chi connectivity index (χ4n) is 4.16. The Morgan fingerprint density at radius 3 is 2.45 bits per heavy atom. The molecule has 0 aromatic heterocycles. The molecule has 0 radical (unpaired) electrons. The minimum atomic E-state index is 0.343. The third-order valence-electron chi connectivity index (χ3n) is 5.94. The second kappa shape index (κ2) is 5.94. The summed E-state index contributed by atoms with van der Waals surface area (Å²) in [5, 5.41) is 3.88. The van der Waals surface area contributed by atoms with Crippen molar-refractivity contribution in [3.8, 4) is 0 Å². The number of hydrogen-bond acceptors (Lipinski definition) is 3. The van der Waals surface area contributed by atoms with E-state index in [2.05, 4.69) is 31.0 Å². The van der Waals surface area contributed by atoms with Gasteiger partial charge in [0, 0.05) is 31.2 Å². The van der Waals surface area contributed by atoms with Crippen LogP contribution in [0.1, 0.15) is 59.3 Å². The average molecular weight is 280 g/mol. The fourth-order valence-corrected chi connectivity index (χ4v) is 4.16. The molecular weight excluding hydrogens is 248 g/mol. The number of nitrogens with one attached hydrogen (secondary N) is 1. The Hall–Kier alpha value is -0.120. The Morgan fingerprint density at radius 2 is 1.90 bits per heavy atom. The van der Waals surface area contributed by atoms with Crippen molar-refractivity contribution in [3.05, 3.63) is 0 Å². The Kier molecular flexibility index (Phi) is 4.40. The summed E-state index contributed by atoms with van der Waals surface area (Å²) >= 11 is 0. The van der Waals surface area contributed by atoms with Gasteiger partial charge in [-0.05, 0) is 51.4 Å². The van der Waals surface area contributed by atoms with Crippen molar-refractivity contribution in [1.82, 2.24) is 10.2 Å². The summed E-state index contributed by atoms with van der Waals surface area (Å²) in [4.78, 5) is 2.78. The second-order valence-electron chi connectivity index (χ2n) is 7.35. The molecule has 1 saturated carbocycles. The average Bonchev–Trinajstić information content (AvgIpc) is 3.22. The normalized spacial score (nSPS) is 38.2. The number of rotatable bonds is 5. The second-order valence-corrected chi connectivity index (χ2v) is 7.35. The number of nitrogens with zero attached hydrogens (tertiary/aromatic N) is 1. The molecule has 3 heteroatoms. The molecule has 3 rings (SSSR count). The van der Waals surface area contributed by atoms with E-state index in [1.54, 1.807) is 0 Å². The van der Waals surface area contributed by atoms with Crippen molar-refractivity contribution >= 4 is 0 Å². The molecule has 2 aliphatic heterocycles. The molecule has 0 aromatic carbocycles. The molecule has 3 fully saturated rings. The number of hydrogen-bond donors (Lipinski definition) is 1. The van der Waals surface area contributed by atoms with Gasteiger partial charge in [0.2, 0.25) is 0 Å². The van der Waals surface area contributed by atoms with Crippen LogP contribution >= 0.6 is 0 Å². The molecular formula is C17H32N2O. The zero-order chi connectivity index (χ0) is 14.2. The zero-order valence-corrected chi connectivity index (χ0v) is 13.5. The number of ether oxygens (including phenoxy) is 1. The fraction of sp³-hybridized carbons (Fsp3) is 1.00. The van der Waals surface area contributed by atoms with Gasteiger partial charge < -0.3 is 10.1 Å². The topological polar surface area (TPSA) is 24.5 Å². The molecule has 3 unspecified atom stereocenters. The van der Waals surface area contributed by atoms with Crippen LogP contribution in [0, 0.1) is 5.92 Å². The summed E-state index contributed by atoms with van der Waals surface area (Å²) in [5.74, 6) is 0.952. The highest BCUT2D eigenvalue weighted by molar-refractivity contribution is 5.01. The Bertz CT molecular complexity index is 325. The minimum absolute atomic E-state index is 0.343. The lowest BCUT2D eigenvalue weighted by Gasteiger charge is -2.48. The third-order valence-corrected chi connectivity index (χ3v) is 5.94. The van der Waals surface area contributed by atoms with Gasteiger partial charge in [0.1, 0.15) is 0 Å². The summed E-state index contributed by atoms with van der Waals surface area (Å²) < 4.78 is 6.09. The highest BCUT2D eigenvalue weighted by Crippen LogP contribution is 2.38. The molecule has 116 valence electrons. The lowest BCUT2D eigenvalue weighted by molar-refractivity contribution is -0.00784. The van der Waals surface area contributed by atoms with E-state index in [1.807, 2.05) is 0 Å². The number of piperazine rings is 1. The van der Waals surface area contributed by atoms with Crippen LogP contribution in [0.15, 0.2) is 0 Å². The van der Waals surface area contributed by atoms with Gasteiger partial charge in [-0.1, -0.05) is 13.8 Å². The van der Waals surface area contributed by atoms with Crippen LogP contribution in [0.3, 0.4) is 0 Å². The summed E-state index contributed by atoms with van der Waals surface area (Å²) in [6, 6.07) is 0.765. The zero-order valence-electron chi connectivity index (χ0n) is 13.5. The quantitative estimate of drug-likeness (QED) is 0.838. The first kappa shape index (κ1) is 14.8. The smallest absolute Gasteiger partial charge is 0.0706 e. The molecule has 2 heterocycles. The van der Waals surface area contributed by atoms with Crippen molar-refractivity contribution < 1.29 is 4.74 Å². The van der Waals surface area contributed by atoms with Crippen molar-refractivity contribution in [2.24, 2.45) is 5.92 Å². The van der Waals surface area contributed by atoms with Gasteiger partial charge in [0.15, 0.2) is 0 Å². The van der Waals surface area contributed by atoms with E-state index in [1.165, 1.54) is 51.6 Å². The molecule has 0 spiro atoms. The van der Waals surface area contributed by atoms with Gasteiger partial charge in [0.25, 0.3) is 0 Å². The first-order valence-corrected chi connectivity index (χ1v) is 8.80. The molecule has 0 amide bonds. The van der Waals surface area contributed by atoms with Crippen LogP contribution in [0.5, 0.6) is 0 Å². The van der Waals surface area contributed by atoms with Crippen molar-refractivity contribution in [2.75, 3.05) is 19.6 Å². The maximum absolute atomic E-state index is 6.09. The van der Waals surface area contributed by atoms with Crippen molar-refractivity contribution in [2.45, 2.75) is 83.1 Å². The van der Waals surface area contributed by atoms with Crippen LogP contribution in [0.2, 0.25) is 0 Å². The monoisotopic (exact) mass is 280 g/mol. The van der Waals surface area contributed by atoms with Crippen LogP contribution in [-0.4, -0.2) is 48.3 Å². The van der Waals surface area contributed by atoms with Crippen LogP contribution in [-0.2, 0) is 4.74 Å². The minimum Gasteiger partial charge on any atom is -0.374 e. The molecule has 0 bridgehead atoms. The van der Waals surface area contributed by atoms with E-state index >= 15 is 0 Å². The van der Waals surface area contributed by atoms with Gasteiger partial charge in [0.05, 0.1) is 12.2 Å². The highest BCUT2D eigenvalue weighted by Gasteiger charge is 2.43. The highest BCUT2D eigenvalue weighted by atomic mass is 16.5. The van der Waals surface area contributed by atoms with Gasteiger partial charge >= 0.3 is 0 Å². The SMILES string of the molecule is CCC1(CC)CN(CC2CCC(C)O2)C(C2CC2)CN1. The van der Waals surface area contributed by atoms with E-state index in [0.29, 0.717) is 17.7 Å². The van der Waals surface area contributed by atoms with Crippen molar-refractivity contribution in [1.29, 1.82) is 0 Å². The van der Waals surface area contributed by atoms with E-state index in [-0.39, 0.29) is 0 Å². The largest absolute Gasteiger partial charge is 0.374 e. The molecule has 3 aliphatic rings. The maximum atomic E-state index is 6.09. The lowest BCUT2D eigenvalue weighted by atomic mass is 9.87. The summed E-state index contributed by atoms with van der Waals surface area (Å²) in [5.41, 5.74) is 0.343. The van der Waals surface area contributed by atoms with E-state index in [9.17, 15) is 0 Å². The molecule has 1 N–H and O–H groups in total. The van der Waals surface area contributed by atoms with Gasteiger partial charge in [-0.3, -0.25) is 4.90 Å². The summed E-state index contributed by atoms with van der Waals surface area (Å²) in [6.07, 6.45) is 8.82. The summed E-state index contributed by atoms with van der Waals surface area (Å²) in [7, 11) is 0. The van der Waals surface area contributed by atoms with E-state index < -0.39 is 0 Å². The van der Waals surface area contributed by atoms with Crippen LogP contribution < -0.4 is 5.32 Å². The van der Waals surface area contributed by atoms with E-state index in [0.717, 1.165) is 18.5 Å². The molecule has 2 saturated heterocycles. The maximum Gasteiger partial charge on any atom is 0.0706 e. The molecule has 3 atom stereocenters. The van der Waals surface area contributed by atoms with Crippen LogP contribution in [0.25, 0.3) is 0 Å². The Balaban J connectivity index is 1.65. The van der Waals surface area contributed by atoms with Gasteiger partial charge in [-0.2, -0.15) is 0 Å². The molecule has 20 heavy (non-hydrogen) atoms. The van der Waals surface area contributed by atoms with E-state index in [4.69, 9.17) is 4.74 Å². The molecule has 1 aliphatic carbocycles. The van der Waals surface area contributed by atoms with Gasteiger partial charge in [-0.25, -0.2) is 0 Å². The molecule has 0 aromatic rings. The predicted molar refractivity (Wildman–Crippen MR) is 83.0 cm³/mol. The Labute approximate surface area is 124 Å². The lowest BCUT2D eigenvalue weighted by Crippen LogP contribution is -2.65.